The summed E-state index contributed by atoms with van der Waals surface area (Å²) in [5.74, 6) is 0.981. The molecule has 1 saturated heterocycles. The molecule has 82 valence electrons. The summed E-state index contributed by atoms with van der Waals surface area (Å²) >= 11 is 0. The number of aliphatic hydroxyl groups is 1. The van der Waals surface area contributed by atoms with Crippen molar-refractivity contribution in [2.75, 3.05) is 18.0 Å². The Kier molecular flexibility index (Phi) is 2.65. The van der Waals surface area contributed by atoms with Crippen molar-refractivity contribution in [2.45, 2.75) is 32.3 Å². The molecule has 0 saturated carbocycles. The minimum absolute atomic E-state index is 0.566. The molecule has 0 aliphatic carbocycles. The fourth-order valence-electron chi connectivity index (χ4n) is 2.12. The third-order valence-corrected chi connectivity index (χ3v) is 2.87. The summed E-state index contributed by atoms with van der Waals surface area (Å²) in [6, 6.07) is 6.01. The van der Waals surface area contributed by atoms with Crippen LogP contribution < -0.4 is 4.90 Å². The number of rotatable bonds is 1. The number of nitrogens with zero attached hydrogens (tertiary/aromatic N) is 2. The normalized spacial score (nSPS) is 26.7. The second-order valence-corrected chi connectivity index (χ2v) is 4.66. The maximum absolute atomic E-state index is 10.0. The quantitative estimate of drug-likeness (QED) is 0.760. The van der Waals surface area contributed by atoms with Gasteiger partial charge in [0.1, 0.15) is 5.82 Å². The summed E-state index contributed by atoms with van der Waals surface area (Å²) in [5.41, 5.74) is 0.460. The highest BCUT2D eigenvalue weighted by Crippen LogP contribution is 2.24. The second kappa shape index (κ2) is 3.81. The Hall–Kier alpha value is -1.09. The maximum Gasteiger partial charge on any atom is 0.128 e. The van der Waals surface area contributed by atoms with Crippen molar-refractivity contribution in [3.8, 4) is 0 Å². The minimum atomic E-state index is -0.566. The van der Waals surface area contributed by atoms with Crippen LogP contribution in [0.1, 0.15) is 25.5 Å². The van der Waals surface area contributed by atoms with Crippen LogP contribution in [-0.2, 0) is 0 Å². The van der Waals surface area contributed by atoms with Crippen molar-refractivity contribution < 1.29 is 5.11 Å². The van der Waals surface area contributed by atoms with Crippen molar-refractivity contribution in [3.05, 3.63) is 23.9 Å². The third kappa shape index (κ3) is 2.48. The number of aryl methyl sites for hydroxylation is 1. The number of aromatic nitrogens is 1. The van der Waals surface area contributed by atoms with E-state index in [0.717, 1.165) is 30.9 Å². The van der Waals surface area contributed by atoms with Gasteiger partial charge in [0.25, 0.3) is 0 Å². The fraction of sp³-hybridized carbons (Fsp3) is 0.583. The molecule has 1 atom stereocenters. The Morgan fingerprint density at radius 2 is 2.27 bits per heavy atom. The van der Waals surface area contributed by atoms with Gasteiger partial charge in [-0.25, -0.2) is 4.98 Å². The fourth-order valence-corrected chi connectivity index (χ4v) is 2.12. The molecule has 1 aromatic rings. The predicted octanol–water partition coefficient (Wildman–Crippen LogP) is 1.74. The molecule has 1 aromatic heterocycles. The molecule has 3 nitrogen and oxygen atoms in total. The number of β-amino-alcohol motifs (C(OH)–C–C–N with tert-alkyl or cyclic N) is 1. The van der Waals surface area contributed by atoms with Crippen LogP contribution in [-0.4, -0.2) is 28.8 Å². The largest absolute Gasteiger partial charge is 0.388 e. The SMILES string of the molecule is Cc1cccc(N2CCCC(C)(O)C2)n1. The number of anilines is 1. The molecule has 0 bridgehead atoms. The highest BCUT2D eigenvalue weighted by molar-refractivity contribution is 5.40. The van der Waals surface area contributed by atoms with Gasteiger partial charge in [-0.05, 0) is 38.8 Å². The molecule has 2 rings (SSSR count). The lowest BCUT2D eigenvalue weighted by Gasteiger charge is -2.37. The molecule has 1 unspecified atom stereocenters. The zero-order valence-corrected chi connectivity index (χ0v) is 9.40. The van der Waals surface area contributed by atoms with Gasteiger partial charge in [0.2, 0.25) is 0 Å². The number of piperidine rings is 1. The van der Waals surface area contributed by atoms with Crippen LogP contribution in [0.15, 0.2) is 18.2 Å². The lowest BCUT2D eigenvalue weighted by atomic mass is 9.95. The van der Waals surface area contributed by atoms with Crippen LogP contribution in [0.3, 0.4) is 0 Å². The first-order valence-electron chi connectivity index (χ1n) is 5.48. The van der Waals surface area contributed by atoms with Gasteiger partial charge in [-0.1, -0.05) is 6.07 Å². The summed E-state index contributed by atoms with van der Waals surface area (Å²) in [4.78, 5) is 6.64. The first-order chi connectivity index (χ1) is 7.07. The molecular weight excluding hydrogens is 188 g/mol. The van der Waals surface area contributed by atoms with Crippen molar-refractivity contribution in [2.24, 2.45) is 0 Å². The monoisotopic (exact) mass is 206 g/mol. The van der Waals surface area contributed by atoms with Gasteiger partial charge in [0.15, 0.2) is 0 Å². The Morgan fingerprint density at radius 3 is 2.93 bits per heavy atom. The van der Waals surface area contributed by atoms with E-state index in [0.29, 0.717) is 6.54 Å². The van der Waals surface area contributed by atoms with Crippen LogP contribution in [0.4, 0.5) is 5.82 Å². The summed E-state index contributed by atoms with van der Waals surface area (Å²) in [7, 11) is 0. The average Bonchev–Trinajstić information content (AvgIpc) is 2.16. The number of hydrogen-bond donors (Lipinski definition) is 1. The maximum atomic E-state index is 10.0. The van der Waals surface area contributed by atoms with Gasteiger partial charge in [-0.3, -0.25) is 0 Å². The molecule has 0 spiro atoms. The summed E-state index contributed by atoms with van der Waals surface area (Å²) in [6.45, 7) is 5.57. The van der Waals surface area contributed by atoms with Gasteiger partial charge in [-0.2, -0.15) is 0 Å². The van der Waals surface area contributed by atoms with E-state index in [2.05, 4.69) is 9.88 Å². The van der Waals surface area contributed by atoms with Crippen molar-refractivity contribution in [3.63, 3.8) is 0 Å². The molecule has 1 N–H and O–H groups in total. The molecule has 0 radical (unpaired) electrons. The molecule has 1 fully saturated rings. The second-order valence-electron chi connectivity index (χ2n) is 4.66. The zero-order valence-electron chi connectivity index (χ0n) is 9.40. The number of pyridine rings is 1. The van der Waals surface area contributed by atoms with Crippen LogP contribution in [0.25, 0.3) is 0 Å². The molecule has 0 aromatic carbocycles. The Morgan fingerprint density at radius 1 is 1.47 bits per heavy atom. The van der Waals surface area contributed by atoms with Crippen molar-refractivity contribution in [1.82, 2.24) is 4.98 Å². The minimum Gasteiger partial charge on any atom is -0.388 e. The first kappa shape index (κ1) is 10.4. The molecule has 0 amide bonds. The molecule has 2 heterocycles. The molecule has 1 aliphatic rings. The van der Waals surface area contributed by atoms with E-state index in [1.54, 1.807) is 0 Å². The summed E-state index contributed by atoms with van der Waals surface area (Å²) in [5, 5.41) is 10.0. The van der Waals surface area contributed by atoms with Crippen LogP contribution in [0.5, 0.6) is 0 Å². The van der Waals surface area contributed by atoms with Crippen molar-refractivity contribution >= 4 is 5.82 Å². The van der Waals surface area contributed by atoms with Gasteiger partial charge in [0, 0.05) is 18.8 Å². The van der Waals surface area contributed by atoms with Gasteiger partial charge < -0.3 is 10.0 Å². The average molecular weight is 206 g/mol. The molecular formula is C12H18N2O. The van der Waals surface area contributed by atoms with Crippen LogP contribution >= 0.6 is 0 Å². The van der Waals surface area contributed by atoms with E-state index in [1.807, 2.05) is 32.0 Å². The van der Waals surface area contributed by atoms with Crippen molar-refractivity contribution in [1.29, 1.82) is 0 Å². The Labute approximate surface area is 90.8 Å². The van der Waals surface area contributed by atoms with Crippen LogP contribution in [0, 0.1) is 6.92 Å². The molecule has 3 heteroatoms. The number of hydrogen-bond acceptors (Lipinski definition) is 3. The van der Waals surface area contributed by atoms with E-state index in [4.69, 9.17) is 0 Å². The standard InChI is InChI=1S/C12H18N2O/c1-10-5-3-6-11(13-10)14-8-4-7-12(2,15)9-14/h3,5-6,15H,4,7-9H2,1-2H3. The van der Waals surface area contributed by atoms with E-state index < -0.39 is 5.60 Å². The van der Waals surface area contributed by atoms with E-state index in [1.165, 1.54) is 0 Å². The third-order valence-electron chi connectivity index (χ3n) is 2.87. The zero-order chi connectivity index (χ0) is 10.9. The highest BCUT2D eigenvalue weighted by atomic mass is 16.3. The lowest BCUT2D eigenvalue weighted by molar-refractivity contribution is 0.0447. The molecule has 1 aliphatic heterocycles. The summed E-state index contributed by atoms with van der Waals surface area (Å²) < 4.78 is 0. The lowest BCUT2D eigenvalue weighted by Crippen LogP contribution is -2.46. The highest BCUT2D eigenvalue weighted by Gasteiger charge is 2.28. The van der Waals surface area contributed by atoms with E-state index >= 15 is 0 Å². The first-order valence-corrected chi connectivity index (χ1v) is 5.48. The predicted molar refractivity (Wildman–Crippen MR) is 61.0 cm³/mol. The van der Waals surface area contributed by atoms with E-state index in [-0.39, 0.29) is 0 Å². The van der Waals surface area contributed by atoms with E-state index in [9.17, 15) is 5.11 Å². The van der Waals surface area contributed by atoms with Crippen LogP contribution in [0.2, 0.25) is 0 Å². The van der Waals surface area contributed by atoms with Gasteiger partial charge in [0.05, 0.1) is 5.60 Å². The Balaban J connectivity index is 2.17. The topological polar surface area (TPSA) is 36.4 Å². The van der Waals surface area contributed by atoms with Gasteiger partial charge in [-0.15, -0.1) is 0 Å². The smallest absolute Gasteiger partial charge is 0.128 e. The molecule has 15 heavy (non-hydrogen) atoms. The van der Waals surface area contributed by atoms with Gasteiger partial charge >= 0.3 is 0 Å². The Bertz CT molecular complexity index is 349. The summed E-state index contributed by atoms with van der Waals surface area (Å²) in [6.07, 6.45) is 1.91.